The fourth-order valence-electron chi connectivity index (χ4n) is 0.920. The van der Waals surface area contributed by atoms with Crippen LogP contribution in [0.2, 0.25) is 0 Å². The minimum atomic E-state index is -0.424. The fraction of sp³-hybridized carbons (Fsp3) is 0.571. The van der Waals surface area contributed by atoms with Crippen LogP contribution in [0.5, 0.6) is 0 Å². The Kier molecular flexibility index (Phi) is 2.99. The Morgan fingerprint density at radius 3 is 3.00 bits per heavy atom. The van der Waals surface area contributed by atoms with Crippen LogP contribution in [0.25, 0.3) is 0 Å². The van der Waals surface area contributed by atoms with Crippen molar-refractivity contribution in [2.24, 2.45) is 5.73 Å². The molecule has 0 saturated carbocycles. The molecule has 0 radical (unpaired) electrons. The van der Waals surface area contributed by atoms with E-state index in [1.807, 2.05) is 6.92 Å². The van der Waals surface area contributed by atoms with Crippen LogP contribution in [0, 0.1) is 6.92 Å². The maximum atomic E-state index is 9.48. The van der Waals surface area contributed by atoms with Gasteiger partial charge in [-0.15, -0.1) is 11.3 Å². The maximum absolute atomic E-state index is 9.48. The van der Waals surface area contributed by atoms with E-state index in [0.29, 0.717) is 13.0 Å². The number of thiazole rings is 1. The Hall–Kier alpha value is -0.450. The molecular formula is C7H12N2OS. The molecule has 0 aliphatic heterocycles. The maximum Gasteiger partial charge on any atom is 0.0912 e. The first-order valence-corrected chi connectivity index (χ1v) is 4.41. The van der Waals surface area contributed by atoms with Gasteiger partial charge >= 0.3 is 0 Å². The third-order valence-electron chi connectivity index (χ3n) is 1.53. The molecular weight excluding hydrogens is 160 g/mol. The topological polar surface area (TPSA) is 59.1 Å². The van der Waals surface area contributed by atoms with Gasteiger partial charge in [0.2, 0.25) is 0 Å². The number of aryl methyl sites for hydroxylation is 1. The molecule has 1 aromatic heterocycles. The molecule has 4 heteroatoms. The number of aliphatic hydroxyl groups is 1. The summed E-state index contributed by atoms with van der Waals surface area (Å²) in [4.78, 5) is 4.98. The van der Waals surface area contributed by atoms with Crippen molar-refractivity contribution < 1.29 is 5.11 Å². The third kappa shape index (κ3) is 1.99. The van der Waals surface area contributed by atoms with E-state index in [4.69, 9.17) is 5.73 Å². The van der Waals surface area contributed by atoms with E-state index in [-0.39, 0.29) is 0 Å². The number of aliphatic hydroxyl groups excluding tert-OH is 1. The molecule has 0 fully saturated rings. The Labute approximate surface area is 69.9 Å². The Bertz CT molecular complexity index is 224. The van der Waals surface area contributed by atoms with E-state index in [0.717, 1.165) is 10.6 Å². The molecule has 1 rings (SSSR count). The van der Waals surface area contributed by atoms with Crippen molar-refractivity contribution in [3.8, 4) is 0 Å². The van der Waals surface area contributed by atoms with Gasteiger partial charge < -0.3 is 10.8 Å². The molecule has 3 nitrogen and oxygen atoms in total. The van der Waals surface area contributed by atoms with E-state index in [2.05, 4.69) is 4.98 Å². The molecule has 11 heavy (non-hydrogen) atoms. The highest BCUT2D eigenvalue weighted by Gasteiger charge is 2.10. The second-order valence-electron chi connectivity index (χ2n) is 2.40. The molecule has 3 N–H and O–H groups in total. The van der Waals surface area contributed by atoms with Crippen LogP contribution < -0.4 is 5.73 Å². The molecule has 0 unspecified atom stereocenters. The summed E-state index contributed by atoms with van der Waals surface area (Å²) < 4.78 is 0. The van der Waals surface area contributed by atoms with Gasteiger partial charge in [0, 0.05) is 0 Å². The summed E-state index contributed by atoms with van der Waals surface area (Å²) in [7, 11) is 0. The van der Waals surface area contributed by atoms with Gasteiger partial charge in [-0.3, -0.25) is 0 Å². The lowest BCUT2D eigenvalue weighted by Gasteiger charge is -2.05. The van der Waals surface area contributed by atoms with Crippen molar-refractivity contribution in [1.29, 1.82) is 0 Å². The number of hydrogen-bond acceptors (Lipinski definition) is 4. The second-order valence-corrected chi connectivity index (χ2v) is 3.28. The van der Waals surface area contributed by atoms with E-state index in [1.54, 1.807) is 5.51 Å². The Morgan fingerprint density at radius 2 is 2.55 bits per heavy atom. The van der Waals surface area contributed by atoms with Gasteiger partial charge in [0.1, 0.15) is 0 Å². The van der Waals surface area contributed by atoms with Crippen LogP contribution in [-0.4, -0.2) is 16.6 Å². The van der Waals surface area contributed by atoms with E-state index < -0.39 is 6.10 Å². The minimum Gasteiger partial charge on any atom is -0.387 e. The first-order chi connectivity index (χ1) is 5.25. The number of hydrogen-bond donors (Lipinski definition) is 2. The van der Waals surface area contributed by atoms with Gasteiger partial charge in [-0.1, -0.05) is 0 Å². The summed E-state index contributed by atoms with van der Waals surface area (Å²) in [5.74, 6) is 0. The van der Waals surface area contributed by atoms with Crippen molar-refractivity contribution in [3.05, 3.63) is 16.1 Å². The summed E-state index contributed by atoms with van der Waals surface area (Å²) in [6.07, 6.45) is 0.191. The minimum absolute atomic E-state index is 0.424. The quantitative estimate of drug-likeness (QED) is 0.710. The van der Waals surface area contributed by atoms with Crippen molar-refractivity contribution in [2.75, 3.05) is 6.54 Å². The zero-order valence-electron chi connectivity index (χ0n) is 6.45. The molecule has 0 saturated heterocycles. The summed E-state index contributed by atoms with van der Waals surface area (Å²) >= 11 is 1.48. The standard InChI is InChI=1S/C7H12N2OS/c1-5-7(11-4-9-5)6(10)2-3-8/h4,6,10H,2-3,8H2,1H3/t6-/m1/s1. The number of nitrogens with two attached hydrogens (primary N) is 1. The smallest absolute Gasteiger partial charge is 0.0912 e. The first-order valence-electron chi connectivity index (χ1n) is 3.54. The molecule has 62 valence electrons. The summed E-state index contributed by atoms with van der Waals surface area (Å²) in [6.45, 7) is 2.41. The highest BCUT2D eigenvalue weighted by Crippen LogP contribution is 2.23. The van der Waals surface area contributed by atoms with Crippen molar-refractivity contribution in [2.45, 2.75) is 19.4 Å². The van der Waals surface area contributed by atoms with E-state index >= 15 is 0 Å². The molecule has 1 atom stereocenters. The average Bonchev–Trinajstić information content (AvgIpc) is 2.36. The van der Waals surface area contributed by atoms with Crippen molar-refractivity contribution in [3.63, 3.8) is 0 Å². The summed E-state index contributed by atoms with van der Waals surface area (Å²) in [5, 5.41) is 9.48. The first kappa shape index (κ1) is 8.64. The highest BCUT2D eigenvalue weighted by molar-refractivity contribution is 7.09. The van der Waals surface area contributed by atoms with Crippen LogP contribution in [0.15, 0.2) is 5.51 Å². The fourth-order valence-corrected chi connectivity index (χ4v) is 1.74. The molecule has 0 aliphatic rings. The van der Waals surface area contributed by atoms with Gasteiger partial charge in [0.15, 0.2) is 0 Å². The monoisotopic (exact) mass is 172 g/mol. The lowest BCUT2D eigenvalue weighted by Crippen LogP contribution is -2.06. The number of rotatable bonds is 3. The average molecular weight is 172 g/mol. The normalized spacial score (nSPS) is 13.4. The zero-order valence-corrected chi connectivity index (χ0v) is 7.27. The predicted octanol–water partition coefficient (Wildman–Crippen LogP) is 0.834. The largest absolute Gasteiger partial charge is 0.387 e. The van der Waals surface area contributed by atoms with Crippen LogP contribution >= 0.6 is 11.3 Å². The van der Waals surface area contributed by atoms with Crippen LogP contribution in [0.3, 0.4) is 0 Å². The molecule has 1 heterocycles. The summed E-state index contributed by atoms with van der Waals surface area (Å²) in [6, 6.07) is 0. The van der Waals surface area contributed by atoms with Gasteiger partial charge in [-0.2, -0.15) is 0 Å². The van der Waals surface area contributed by atoms with Crippen LogP contribution in [-0.2, 0) is 0 Å². The summed E-state index contributed by atoms with van der Waals surface area (Å²) in [5.41, 5.74) is 7.96. The van der Waals surface area contributed by atoms with Crippen LogP contribution in [0.1, 0.15) is 23.1 Å². The zero-order chi connectivity index (χ0) is 8.27. The lowest BCUT2D eigenvalue weighted by molar-refractivity contribution is 0.173. The van der Waals surface area contributed by atoms with Gasteiger partial charge in [-0.05, 0) is 19.9 Å². The lowest BCUT2D eigenvalue weighted by atomic mass is 10.2. The molecule has 1 aromatic rings. The number of nitrogens with zero attached hydrogens (tertiary/aromatic N) is 1. The van der Waals surface area contributed by atoms with Crippen molar-refractivity contribution in [1.82, 2.24) is 4.98 Å². The molecule has 0 aromatic carbocycles. The SMILES string of the molecule is Cc1ncsc1[C@H](O)CCN. The van der Waals surface area contributed by atoms with Gasteiger partial charge in [0.25, 0.3) is 0 Å². The highest BCUT2D eigenvalue weighted by atomic mass is 32.1. The van der Waals surface area contributed by atoms with Crippen molar-refractivity contribution >= 4 is 11.3 Å². The Morgan fingerprint density at radius 1 is 1.82 bits per heavy atom. The van der Waals surface area contributed by atoms with E-state index in [1.165, 1.54) is 11.3 Å². The number of aromatic nitrogens is 1. The van der Waals surface area contributed by atoms with Crippen LogP contribution in [0.4, 0.5) is 0 Å². The Balaban J connectivity index is 2.67. The van der Waals surface area contributed by atoms with Gasteiger partial charge in [0.05, 0.1) is 22.2 Å². The van der Waals surface area contributed by atoms with E-state index in [9.17, 15) is 5.11 Å². The third-order valence-corrected chi connectivity index (χ3v) is 2.56. The second kappa shape index (κ2) is 3.80. The van der Waals surface area contributed by atoms with Gasteiger partial charge in [-0.25, -0.2) is 4.98 Å². The molecule has 0 bridgehead atoms. The molecule has 0 amide bonds. The predicted molar refractivity (Wildman–Crippen MR) is 45.5 cm³/mol. The molecule has 0 spiro atoms. The molecule has 0 aliphatic carbocycles.